The molecule has 1 aromatic heterocycles. The molecule has 0 saturated heterocycles. The Morgan fingerprint density at radius 2 is 1.75 bits per heavy atom. The molecule has 5 heteroatoms. The number of nitrogens with zero attached hydrogens (tertiary/aromatic N) is 2. The molecule has 3 aromatic rings. The largest absolute Gasteiger partial charge is 0.436 e. The highest BCUT2D eigenvalue weighted by atomic mass is 16.5. The molecule has 0 atom stereocenters. The van der Waals surface area contributed by atoms with Crippen molar-refractivity contribution in [3.05, 3.63) is 48.3 Å². The van der Waals surface area contributed by atoms with Crippen molar-refractivity contribution in [3.63, 3.8) is 0 Å². The summed E-state index contributed by atoms with van der Waals surface area (Å²) in [6.45, 7) is 1.90. The smallest absolute Gasteiger partial charge is 0.230 e. The molecule has 20 heavy (non-hydrogen) atoms. The number of aryl methyl sites for hydroxylation is 1. The number of benzene rings is 2. The molecule has 0 radical (unpaired) electrons. The zero-order chi connectivity index (χ0) is 14.1. The van der Waals surface area contributed by atoms with E-state index in [0.29, 0.717) is 23.0 Å². The fourth-order valence-electron chi connectivity index (χ4n) is 1.98. The van der Waals surface area contributed by atoms with Crippen LogP contribution in [-0.2, 0) is 0 Å². The lowest BCUT2D eigenvalue weighted by Crippen LogP contribution is -2.01. The minimum atomic E-state index is 0.424. The number of hydrogen-bond donors (Lipinski definition) is 2. The average molecular weight is 266 g/mol. The highest BCUT2D eigenvalue weighted by Gasteiger charge is 2.10. The predicted octanol–water partition coefficient (Wildman–Crippen LogP) is 2.89. The van der Waals surface area contributed by atoms with Crippen molar-refractivity contribution in [1.29, 1.82) is 0 Å². The van der Waals surface area contributed by atoms with Crippen LogP contribution in [0.5, 0.6) is 11.6 Å². The summed E-state index contributed by atoms with van der Waals surface area (Å²) in [5.74, 6) is 0.961. The van der Waals surface area contributed by atoms with Gasteiger partial charge in [0.05, 0.1) is 22.3 Å². The summed E-state index contributed by atoms with van der Waals surface area (Å²) in [4.78, 5) is 8.36. The Balaban J connectivity index is 2.08. The van der Waals surface area contributed by atoms with Gasteiger partial charge in [-0.15, -0.1) is 0 Å². The van der Waals surface area contributed by atoms with Gasteiger partial charge in [0.2, 0.25) is 5.88 Å². The highest BCUT2D eigenvalue weighted by Crippen LogP contribution is 2.34. The van der Waals surface area contributed by atoms with Crippen molar-refractivity contribution in [3.8, 4) is 11.6 Å². The van der Waals surface area contributed by atoms with Crippen molar-refractivity contribution in [2.45, 2.75) is 6.92 Å². The first-order valence-corrected chi connectivity index (χ1v) is 6.19. The molecule has 0 fully saturated rings. The predicted molar refractivity (Wildman–Crippen MR) is 79.6 cm³/mol. The number of fused-ring (bicyclic) bond motifs is 1. The van der Waals surface area contributed by atoms with Crippen LogP contribution in [0.3, 0.4) is 0 Å². The summed E-state index contributed by atoms with van der Waals surface area (Å²) in [5, 5.41) is 0.827. The fourth-order valence-corrected chi connectivity index (χ4v) is 1.98. The Hall–Kier alpha value is -2.82. The first kappa shape index (κ1) is 12.2. The second kappa shape index (κ2) is 4.70. The fraction of sp³-hybridized carbons (Fsp3) is 0.0667. The zero-order valence-corrected chi connectivity index (χ0v) is 11.0. The number of anilines is 2. The number of hydrogen-bond acceptors (Lipinski definition) is 5. The van der Waals surface area contributed by atoms with E-state index in [1.165, 1.54) is 6.33 Å². The summed E-state index contributed by atoms with van der Waals surface area (Å²) in [6, 6.07) is 11.3. The van der Waals surface area contributed by atoms with E-state index in [1.807, 2.05) is 37.3 Å². The Morgan fingerprint density at radius 3 is 2.60 bits per heavy atom. The normalized spacial score (nSPS) is 10.7. The Morgan fingerprint density at radius 1 is 0.950 bits per heavy atom. The Kier molecular flexibility index (Phi) is 2.87. The van der Waals surface area contributed by atoms with Crippen molar-refractivity contribution in [2.24, 2.45) is 0 Å². The number of nitrogen functional groups attached to an aromatic ring is 2. The lowest BCUT2D eigenvalue weighted by molar-refractivity contribution is 0.470. The van der Waals surface area contributed by atoms with Gasteiger partial charge in [-0.25, -0.2) is 9.97 Å². The molecule has 1 heterocycles. The van der Waals surface area contributed by atoms with Crippen LogP contribution in [0.2, 0.25) is 0 Å². The third-order valence-corrected chi connectivity index (χ3v) is 3.18. The van der Waals surface area contributed by atoms with E-state index < -0.39 is 0 Å². The molecule has 4 N–H and O–H groups in total. The number of aromatic nitrogens is 2. The summed E-state index contributed by atoms with van der Waals surface area (Å²) in [7, 11) is 0. The third-order valence-electron chi connectivity index (χ3n) is 3.18. The maximum atomic E-state index is 5.98. The molecule has 0 spiro atoms. The number of ether oxygens (including phenoxy) is 1. The first-order chi connectivity index (χ1) is 9.66. The zero-order valence-electron chi connectivity index (χ0n) is 11.0. The van der Waals surface area contributed by atoms with Crippen molar-refractivity contribution in [2.75, 3.05) is 11.5 Å². The molecule has 100 valence electrons. The lowest BCUT2D eigenvalue weighted by atomic mass is 10.1. The Bertz CT molecular complexity index is 781. The van der Waals surface area contributed by atoms with Crippen LogP contribution in [0.1, 0.15) is 5.56 Å². The van der Waals surface area contributed by atoms with E-state index in [9.17, 15) is 0 Å². The molecule has 0 unspecified atom stereocenters. The molecule has 5 nitrogen and oxygen atoms in total. The second-order valence-electron chi connectivity index (χ2n) is 4.51. The van der Waals surface area contributed by atoms with E-state index in [0.717, 1.165) is 16.5 Å². The van der Waals surface area contributed by atoms with Crippen LogP contribution >= 0.6 is 0 Å². The quantitative estimate of drug-likeness (QED) is 0.696. The number of nitrogens with two attached hydrogens (primary N) is 2. The Labute approximate surface area is 116 Å². The van der Waals surface area contributed by atoms with Gasteiger partial charge in [0.25, 0.3) is 0 Å². The molecule has 0 aliphatic rings. The minimum absolute atomic E-state index is 0.424. The molecular formula is C15H14N4O. The van der Waals surface area contributed by atoms with Crippen LogP contribution in [0.4, 0.5) is 11.4 Å². The topological polar surface area (TPSA) is 87.0 Å². The first-order valence-electron chi connectivity index (χ1n) is 6.19. The van der Waals surface area contributed by atoms with Gasteiger partial charge >= 0.3 is 0 Å². The molecule has 2 aromatic carbocycles. The second-order valence-corrected chi connectivity index (χ2v) is 4.51. The lowest BCUT2D eigenvalue weighted by Gasteiger charge is -2.12. The summed E-state index contributed by atoms with van der Waals surface area (Å²) >= 11 is 0. The van der Waals surface area contributed by atoms with E-state index in [4.69, 9.17) is 16.2 Å². The van der Waals surface area contributed by atoms with Crippen LogP contribution < -0.4 is 16.2 Å². The summed E-state index contributed by atoms with van der Waals surface area (Å²) in [6.07, 6.45) is 1.46. The monoisotopic (exact) mass is 266 g/mol. The van der Waals surface area contributed by atoms with Gasteiger partial charge in [-0.2, -0.15) is 0 Å². The number of rotatable bonds is 2. The van der Waals surface area contributed by atoms with E-state index in [1.54, 1.807) is 6.07 Å². The van der Waals surface area contributed by atoms with Gasteiger partial charge in [-0.3, -0.25) is 0 Å². The van der Waals surface area contributed by atoms with Gasteiger partial charge in [-0.05, 0) is 30.7 Å². The van der Waals surface area contributed by atoms with Gasteiger partial charge in [-0.1, -0.05) is 18.2 Å². The molecule has 0 saturated carbocycles. The SMILES string of the molecule is Cc1ccc(Oc2ncnc3ccccc23)c(N)c1N. The molecule has 0 aliphatic heterocycles. The summed E-state index contributed by atoms with van der Waals surface area (Å²) in [5.41, 5.74) is 14.6. The molecular weight excluding hydrogens is 252 g/mol. The summed E-state index contributed by atoms with van der Waals surface area (Å²) < 4.78 is 5.80. The van der Waals surface area contributed by atoms with Crippen molar-refractivity contribution < 1.29 is 4.74 Å². The van der Waals surface area contributed by atoms with Gasteiger partial charge in [0.15, 0.2) is 5.75 Å². The van der Waals surface area contributed by atoms with Gasteiger partial charge in [0, 0.05) is 0 Å². The van der Waals surface area contributed by atoms with Crippen molar-refractivity contribution >= 4 is 22.3 Å². The van der Waals surface area contributed by atoms with Crippen LogP contribution in [0.25, 0.3) is 10.9 Å². The highest BCUT2D eigenvalue weighted by molar-refractivity contribution is 5.84. The standard InChI is InChI=1S/C15H14N4O/c1-9-6-7-12(14(17)13(9)16)20-15-10-4-2-3-5-11(10)18-8-19-15/h2-8H,16-17H2,1H3. The van der Waals surface area contributed by atoms with E-state index in [2.05, 4.69) is 9.97 Å². The van der Waals surface area contributed by atoms with Gasteiger partial charge in [0.1, 0.15) is 6.33 Å². The molecule has 0 aliphatic carbocycles. The average Bonchev–Trinajstić information content (AvgIpc) is 2.48. The molecule has 0 bridgehead atoms. The van der Waals surface area contributed by atoms with Crippen LogP contribution in [0.15, 0.2) is 42.7 Å². The van der Waals surface area contributed by atoms with Crippen LogP contribution in [0, 0.1) is 6.92 Å². The van der Waals surface area contributed by atoms with Crippen LogP contribution in [-0.4, -0.2) is 9.97 Å². The van der Waals surface area contributed by atoms with E-state index in [-0.39, 0.29) is 0 Å². The number of para-hydroxylation sites is 1. The van der Waals surface area contributed by atoms with E-state index >= 15 is 0 Å². The minimum Gasteiger partial charge on any atom is -0.436 e. The maximum Gasteiger partial charge on any atom is 0.230 e. The van der Waals surface area contributed by atoms with Gasteiger partial charge < -0.3 is 16.2 Å². The van der Waals surface area contributed by atoms with Crippen molar-refractivity contribution in [1.82, 2.24) is 9.97 Å². The third kappa shape index (κ3) is 1.99. The maximum absolute atomic E-state index is 5.98. The molecule has 0 amide bonds. The molecule has 3 rings (SSSR count).